The molecule has 11 heteroatoms. The number of aromatic nitrogens is 3. The highest BCUT2D eigenvalue weighted by molar-refractivity contribution is 5.96. The summed E-state index contributed by atoms with van der Waals surface area (Å²) in [6.07, 6.45) is 5.08. The minimum atomic E-state index is -0.452. The van der Waals surface area contributed by atoms with E-state index >= 15 is 0 Å². The van der Waals surface area contributed by atoms with Gasteiger partial charge in [-0.05, 0) is 55.9 Å². The Hall–Kier alpha value is -4.51. The Labute approximate surface area is 225 Å². The van der Waals surface area contributed by atoms with Gasteiger partial charge in [0, 0.05) is 55.4 Å². The van der Waals surface area contributed by atoms with Crippen molar-refractivity contribution in [2.75, 3.05) is 52.2 Å². The van der Waals surface area contributed by atoms with Gasteiger partial charge in [0.25, 0.3) is 5.91 Å². The number of hydrogen-bond donors (Lipinski definition) is 2. The lowest BCUT2D eigenvalue weighted by atomic mass is 10.1. The minimum Gasteiger partial charge on any atom is -0.494 e. The third-order valence-corrected chi connectivity index (χ3v) is 6.84. The van der Waals surface area contributed by atoms with E-state index in [0.717, 1.165) is 11.3 Å². The number of aryl methyl sites for hydroxylation is 1. The van der Waals surface area contributed by atoms with Gasteiger partial charge in [-0.3, -0.25) is 14.0 Å². The molecule has 0 bridgehead atoms. The fraction of sp³-hybridized carbons (Fsp3) is 0.286. The predicted octanol–water partition coefficient (Wildman–Crippen LogP) is 3.10. The fourth-order valence-corrected chi connectivity index (χ4v) is 4.76. The Morgan fingerprint density at radius 1 is 1.05 bits per heavy atom. The Bertz CT molecular complexity index is 1530. The van der Waals surface area contributed by atoms with Crippen LogP contribution in [0.25, 0.3) is 16.9 Å². The highest BCUT2D eigenvalue weighted by Crippen LogP contribution is 2.29. The smallest absolute Gasteiger partial charge is 0.254 e. The van der Waals surface area contributed by atoms with Crippen LogP contribution >= 0.6 is 0 Å². The fourth-order valence-electron chi connectivity index (χ4n) is 4.76. The summed E-state index contributed by atoms with van der Waals surface area (Å²) in [5, 5.41) is 6.17. The summed E-state index contributed by atoms with van der Waals surface area (Å²) in [5.41, 5.74) is 4.14. The minimum absolute atomic E-state index is 0.0422. The highest BCUT2D eigenvalue weighted by atomic mass is 19.1. The third-order valence-electron chi connectivity index (χ3n) is 6.84. The first-order valence-electron chi connectivity index (χ1n) is 12.6. The van der Waals surface area contributed by atoms with Gasteiger partial charge in [0.15, 0.2) is 23.0 Å². The maximum absolute atomic E-state index is 14.3. The second-order valence-electron chi connectivity index (χ2n) is 9.32. The van der Waals surface area contributed by atoms with Gasteiger partial charge < -0.3 is 25.2 Å². The second-order valence-corrected chi connectivity index (χ2v) is 9.32. The van der Waals surface area contributed by atoms with E-state index in [1.807, 2.05) is 23.5 Å². The molecule has 2 N–H and O–H groups in total. The number of ether oxygens (including phenoxy) is 1. The lowest BCUT2D eigenvalue weighted by molar-refractivity contribution is -0.131. The molecule has 1 aliphatic rings. The first-order chi connectivity index (χ1) is 18.9. The molecule has 39 heavy (non-hydrogen) atoms. The number of methoxy groups -OCH3 is 1. The largest absolute Gasteiger partial charge is 0.494 e. The van der Waals surface area contributed by atoms with Gasteiger partial charge in [-0.2, -0.15) is 0 Å². The zero-order valence-electron chi connectivity index (χ0n) is 22.1. The lowest BCUT2D eigenvalue weighted by Crippen LogP contribution is -2.52. The van der Waals surface area contributed by atoms with Crippen molar-refractivity contribution in [1.29, 1.82) is 0 Å². The van der Waals surface area contributed by atoms with Gasteiger partial charge in [-0.1, -0.05) is 0 Å². The summed E-state index contributed by atoms with van der Waals surface area (Å²) in [6, 6.07) is 10.3. The molecule has 1 saturated heterocycles. The molecule has 0 radical (unpaired) electrons. The third kappa shape index (κ3) is 5.26. The first kappa shape index (κ1) is 26.1. The highest BCUT2D eigenvalue weighted by Gasteiger charge is 2.25. The molecular formula is C28H30FN7O3. The molecule has 0 spiro atoms. The maximum Gasteiger partial charge on any atom is 0.254 e. The lowest BCUT2D eigenvalue weighted by Gasteiger charge is -2.35. The number of nitrogens with zero attached hydrogens (tertiary/aromatic N) is 5. The monoisotopic (exact) mass is 531 g/mol. The molecule has 2 aromatic carbocycles. The number of imidazole rings is 1. The predicted molar refractivity (Wildman–Crippen MR) is 146 cm³/mol. The van der Waals surface area contributed by atoms with Crippen molar-refractivity contribution >= 4 is 29.0 Å². The average Bonchev–Trinajstić information content (AvgIpc) is 3.38. The van der Waals surface area contributed by atoms with Crippen molar-refractivity contribution < 1.29 is 18.7 Å². The Morgan fingerprint density at radius 2 is 1.82 bits per heavy atom. The van der Waals surface area contributed by atoms with Gasteiger partial charge in [0.2, 0.25) is 5.91 Å². The van der Waals surface area contributed by atoms with Gasteiger partial charge in [0.1, 0.15) is 0 Å². The van der Waals surface area contributed by atoms with Crippen LogP contribution in [0.4, 0.5) is 15.9 Å². The molecule has 10 nitrogen and oxygen atoms in total. The SMILES string of the molecule is CNCC(=O)N1CCN(C(=O)c2ccc(Nc3nccn4c(-c5ccc(OC)c(F)c5)cnc34)cc2C)CC1. The van der Waals surface area contributed by atoms with Crippen molar-refractivity contribution in [3.63, 3.8) is 0 Å². The summed E-state index contributed by atoms with van der Waals surface area (Å²) in [7, 11) is 3.17. The molecule has 1 fully saturated rings. The van der Waals surface area contributed by atoms with E-state index in [-0.39, 0.29) is 17.6 Å². The molecule has 2 amide bonds. The number of rotatable bonds is 7. The zero-order valence-corrected chi connectivity index (χ0v) is 22.1. The van der Waals surface area contributed by atoms with Crippen LogP contribution in [0.2, 0.25) is 0 Å². The van der Waals surface area contributed by atoms with E-state index in [2.05, 4.69) is 20.6 Å². The van der Waals surface area contributed by atoms with Crippen molar-refractivity contribution in [2.45, 2.75) is 6.92 Å². The number of likely N-dealkylation sites (N-methyl/N-ethyl adjacent to an activating group) is 1. The molecule has 4 aromatic rings. The number of nitrogens with one attached hydrogen (secondary N) is 2. The molecular weight excluding hydrogens is 501 g/mol. The maximum atomic E-state index is 14.3. The molecule has 0 atom stereocenters. The topological polar surface area (TPSA) is 104 Å². The number of anilines is 2. The second kappa shape index (κ2) is 11.1. The standard InChI is InChI=1S/C28H30FN7O3/c1-18-14-20(5-6-21(18)28(38)35-12-10-34(11-13-35)25(37)17-30-2)33-26-27-32-16-23(36(27)9-8-31-26)19-4-7-24(39-3)22(29)15-19/h4-9,14-16,30H,10-13,17H2,1-3H3,(H,31,33). The summed E-state index contributed by atoms with van der Waals surface area (Å²) in [5.74, 6) is 0.242. The van der Waals surface area contributed by atoms with Gasteiger partial charge in [0.05, 0.1) is 25.5 Å². The number of carbonyl (C=O) groups excluding carboxylic acids is 2. The number of fused-ring (bicyclic) bond motifs is 1. The summed E-state index contributed by atoms with van der Waals surface area (Å²) >= 11 is 0. The number of piperazine rings is 1. The summed E-state index contributed by atoms with van der Waals surface area (Å²) in [6.45, 7) is 4.24. The quantitative estimate of drug-likeness (QED) is 0.378. The molecule has 0 unspecified atom stereocenters. The Kier molecular flexibility index (Phi) is 7.42. The zero-order chi connectivity index (χ0) is 27.5. The molecule has 1 aliphatic heterocycles. The van der Waals surface area contributed by atoms with Crippen molar-refractivity contribution in [2.24, 2.45) is 0 Å². The normalized spacial score (nSPS) is 13.5. The van der Waals surface area contributed by atoms with Gasteiger partial charge in [-0.15, -0.1) is 0 Å². The van der Waals surface area contributed by atoms with Crippen LogP contribution in [0.15, 0.2) is 55.0 Å². The van der Waals surface area contributed by atoms with Crippen LogP contribution in [0, 0.1) is 12.7 Å². The van der Waals surface area contributed by atoms with Crippen LogP contribution in [-0.4, -0.2) is 82.9 Å². The number of carbonyl (C=O) groups is 2. The Balaban J connectivity index is 1.32. The van der Waals surface area contributed by atoms with E-state index in [4.69, 9.17) is 4.74 Å². The van der Waals surface area contributed by atoms with E-state index < -0.39 is 5.82 Å². The van der Waals surface area contributed by atoms with E-state index in [9.17, 15) is 14.0 Å². The van der Waals surface area contributed by atoms with Gasteiger partial charge in [-0.25, -0.2) is 14.4 Å². The number of amides is 2. The van der Waals surface area contributed by atoms with Gasteiger partial charge >= 0.3 is 0 Å². The van der Waals surface area contributed by atoms with Crippen LogP contribution in [0.5, 0.6) is 5.75 Å². The number of benzene rings is 2. The van der Waals surface area contributed by atoms with Crippen molar-refractivity contribution in [3.05, 3.63) is 71.9 Å². The average molecular weight is 532 g/mol. The summed E-state index contributed by atoms with van der Waals surface area (Å²) < 4.78 is 21.2. The molecule has 202 valence electrons. The molecule has 3 heterocycles. The number of hydrogen-bond acceptors (Lipinski definition) is 7. The van der Waals surface area contributed by atoms with Crippen LogP contribution in [0.3, 0.4) is 0 Å². The van der Waals surface area contributed by atoms with Crippen molar-refractivity contribution in [3.8, 4) is 17.0 Å². The Morgan fingerprint density at radius 3 is 2.51 bits per heavy atom. The summed E-state index contributed by atoms with van der Waals surface area (Å²) in [4.78, 5) is 37.8. The van der Waals surface area contributed by atoms with Crippen LogP contribution < -0.4 is 15.4 Å². The first-order valence-corrected chi connectivity index (χ1v) is 12.6. The molecule has 0 aliphatic carbocycles. The van der Waals surface area contributed by atoms with E-state index in [0.29, 0.717) is 61.0 Å². The van der Waals surface area contributed by atoms with Crippen molar-refractivity contribution in [1.82, 2.24) is 29.5 Å². The van der Waals surface area contributed by atoms with E-state index in [1.165, 1.54) is 13.2 Å². The van der Waals surface area contributed by atoms with E-state index in [1.54, 1.807) is 53.6 Å². The number of halogens is 1. The van der Waals surface area contributed by atoms with Crippen LogP contribution in [0.1, 0.15) is 15.9 Å². The van der Waals surface area contributed by atoms with Crippen LogP contribution in [-0.2, 0) is 4.79 Å². The molecule has 5 rings (SSSR count). The molecule has 0 saturated carbocycles. The molecule has 2 aromatic heterocycles.